The van der Waals surface area contributed by atoms with Gasteiger partial charge < -0.3 is 9.47 Å². The number of hydrazine groups is 1. The first-order valence-corrected chi connectivity index (χ1v) is 6.28. The third kappa shape index (κ3) is 4.91. The summed E-state index contributed by atoms with van der Waals surface area (Å²) < 4.78 is 46.8. The van der Waals surface area contributed by atoms with Gasteiger partial charge in [0.2, 0.25) is 0 Å². The van der Waals surface area contributed by atoms with E-state index in [1.165, 1.54) is 0 Å². The predicted octanol–water partition coefficient (Wildman–Crippen LogP) is 1.99. The third-order valence-electron chi connectivity index (χ3n) is 3.41. The van der Waals surface area contributed by atoms with Gasteiger partial charge in [-0.3, -0.25) is 11.3 Å². The van der Waals surface area contributed by atoms with Gasteiger partial charge in [-0.2, -0.15) is 13.2 Å². The van der Waals surface area contributed by atoms with Crippen LogP contribution in [0.1, 0.15) is 34.1 Å². The number of nitrogens with two attached hydrogens (primary N) is 1. The molecule has 1 rings (SSSR count). The van der Waals surface area contributed by atoms with Crippen LogP contribution in [-0.4, -0.2) is 36.6 Å². The monoisotopic (exact) mass is 284 g/mol. The van der Waals surface area contributed by atoms with E-state index in [1.54, 1.807) is 0 Å². The van der Waals surface area contributed by atoms with E-state index in [1.807, 2.05) is 27.7 Å². The highest BCUT2D eigenvalue weighted by molar-refractivity contribution is 4.99. The van der Waals surface area contributed by atoms with Crippen molar-refractivity contribution in [1.82, 2.24) is 5.43 Å². The Kier molecular flexibility index (Phi) is 4.88. The number of ether oxygens (including phenoxy) is 2. The van der Waals surface area contributed by atoms with E-state index < -0.39 is 18.4 Å². The van der Waals surface area contributed by atoms with Crippen molar-refractivity contribution in [3.63, 3.8) is 0 Å². The highest BCUT2D eigenvalue weighted by Gasteiger charge is 2.49. The van der Waals surface area contributed by atoms with Crippen LogP contribution < -0.4 is 11.3 Å². The van der Waals surface area contributed by atoms with E-state index in [0.717, 1.165) is 0 Å². The Balaban J connectivity index is 2.60. The molecular weight excluding hydrogens is 261 g/mol. The van der Waals surface area contributed by atoms with E-state index in [2.05, 4.69) is 5.43 Å². The van der Waals surface area contributed by atoms with Crippen LogP contribution in [0.25, 0.3) is 0 Å². The lowest BCUT2D eigenvalue weighted by molar-refractivity contribution is -0.177. The molecular formula is C12H23F3N2O2. The lowest BCUT2D eigenvalue weighted by Gasteiger charge is -2.32. The van der Waals surface area contributed by atoms with Crippen LogP contribution in [0.4, 0.5) is 13.2 Å². The SMILES string of the molecule is CC1(C)CC(C(COCC(F)(F)F)NN)C(C)(C)O1. The van der Waals surface area contributed by atoms with Crippen molar-refractivity contribution >= 4 is 0 Å². The molecule has 1 heterocycles. The summed E-state index contributed by atoms with van der Waals surface area (Å²) in [5.41, 5.74) is 1.78. The summed E-state index contributed by atoms with van der Waals surface area (Å²) in [4.78, 5) is 0. The van der Waals surface area contributed by atoms with Crippen molar-refractivity contribution in [3.8, 4) is 0 Å². The van der Waals surface area contributed by atoms with Crippen LogP contribution in [0.2, 0.25) is 0 Å². The van der Waals surface area contributed by atoms with Gasteiger partial charge in [0.25, 0.3) is 0 Å². The van der Waals surface area contributed by atoms with Crippen molar-refractivity contribution in [2.24, 2.45) is 11.8 Å². The first kappa shape index (κ1) is 16.7. The maximum atomic E-state index is 12.1. The Morgan fingerprint density at radius 1 is 1.37 bits per heavy atom. The largest absolute Gasteiger partial charge is 0.411 e. The van der Waals surface area contributed by atoms with E-state index in [-0.39, 0.29) is 24.2 Å². The average Bonchev–Trinajstić information content (AvgIpc) is 2.40. The van der Waals surface area contributed by atoms with Crippen LogP contribution >= 0.6 is 0 Å². The fraction of sp³-hybridized carbons (Fsp3) is 1.00. The molecule has 7 heteroatoms. The molecule has 2 unspecified atom stereocenters. The topological polar surface area (TPSA) is 56.5 Å². The highest BCUT2D eigenvalue weighted by atomic mass is 19.4. The Morgan fingerprint density at radius 3 is 2.32 bits per heavy atom. The summed E-state index contributed by atoms with van der Waals surface area (Å²) in [6, 6.07) is -0.376. The minimum absolute atomic E-state index is 0.0132. The number of hydrogen-bond donors (Lipinski definition) is 2. The maximum Gasteiger partial charge on any atom is 0.411 e. The zero-order chi connectivity index (χ0) is 14.9. The molecule has 114 valence electrons. The van der Waals surface area contributed by atoms with Crippen LogP contribution in [-0.2, 0) is 9.47 Å². The van der Waals surface area contributed by atoms with E-state index in [0.29, 0.717) is 6.42 Å². The molecule has 0 saturated carbocycles. The van der Waals surface area contributed by atoms with Gasteiger partial charge in [-0.05, 0) is 34.1 Å². The van der Waals surface area contributed by atoms with E-state index in [4.69, 9.17) is 15.3 Å². The van der Waals surface area contributed by atoms with Gasteiger partial charge in [0.05, 0.1) is 23.9 Å². The predicted molar refractivity (Wildman–Crippen MR) is 65.3 cm³/mol. The van der Waals surface area contributed by atoms with Crippen LogP contribution in [0.3, 0.4) is 0 Å². The van der Waals surface area contributed by atoms with Gasteiger partial charge >= 0.3 is 6.18 Å². The smallest absolute Gasteiger partial charge is 0.370 e. The zero-order valence-electron chi connectivity index (χ0n) is 11.8. The highest BCUT2D eigenvalue weighted by Crippen LogP contribution is 2.43. The lowest BCUT2D eigenvalue weighted by atomic mass is 9.82. The van der Waals surface area contributed by atoms with Gasteiger partial charge in [-0.25, -0.2) is 0 Å². The molecule has 0 aromatic rings. The molecule has 0 radical (unpaired) electrons. The summed E-state index contributed by atoms with van der Waals surface area (Å²) >= 11 is 0. The second-order valence-corrected chi connectivity index (χ2v) is 6.18. The molecule has 4 nitrogen and oxygen atoms in total. The lowest BCUT2D eigenvalue weighted by Crippen LogP contribution is -2.50. The van der Waals surface area contributed by atoms with Crippen molar-refractivity contribution < 1.29 is 22.6 Å². The van der Waals surface area contributed by atoms with Gasteiger partial charge in [0.1, 0.15) is 6.61 Å². The summed E-state index contributed by atoms with van der Waals surface area (Å²) in [6.07, 6.45) is -3.61. The third-order valence-corrected chi connectivity index (χ3v) is 3.41. The standard InChI is InChI=1S/C12H23F3N2O2/c1-10(2)5-8(11(3,4)19-10)9(17-16)6-18-7-12(13,14)15/h8-9,17H,5-7,16H2,1-4H3. The number of hydrogen-bond acceptors (Lipinski definition) is 4. The fourth-order valence-corrected chi connectivity index (χ4v) is 2.81. The molecule has 2 atom stereocenters. The van der Waals surface area contributed by atoms with Gasteiger partial charge in [-0.15, -0.1) is 0 Å². The first-order valence-electron chi connectivity index (χ1n) is 6.28. The molecule has 1 aliphatic rings. The average molecular weight is 284 g/mol. The Morgan fingerprint density at radius 2 is 1.95 bits per heavy atom. The Bertz CT molecular complexity index is 306. The summed E-state index contributed by atoms with van der Waals surface area (Å²) in [5.74, 6) is 5.43. The minimum Gasteiger partial charge on any atom is -0.370 e. The van der Waals surface area contributed by atoms with Crippen molar-refractivity contribution in [2.45, 2.75) is 57.5 Å². The molecule has 0 aromatic heterocycles. The molecule has 0 aromatic carbocycles. The molecule has 0 amide bonds. The maximum absolute atomic E-state index is 12.1. The normalized spacial score (nSPS) is 27.5. The van der Waals surface area contributed by atoms with E-state index >= 15 is 0 Å². The molecule has 0 spiro atoms. The van der Waals surface area contributed by atoms with Gasteiger partial charge in [0.15, 0.2) is 0 Å². The second kappa shape index (κ2) is 5.55. The molecule has 0 aliphatic carbocycles. The Hall–Kier alpha value is -0.370. The van der Waals surface area contributed by atoms with Crippen LogP contribution in [0.5, 0.6) is 0 Å². The molecule has 0 bridgehead atoms. The van der Waals surface area contributed by atoms with Gasteiger partial charge in [0, 0.05) is 5.92 Å². The molecule has 1 aliphatic heterocycles. The van der Waals surface area contributed by atoms with Crippen molar-refractivity contribution in [3.05, 3.63) is 0 Å². The number of alkyl halides is 3. The van der Waals surface area contributed by atoms with Gasteiger partial charge in [-0.1, -0.05) is 0 Å². The molecule has 1 fully saturated rings. The molecule has 3 N–H and O–H groups in total. The van der Waals surface area contributed by atoms with Crippen molar-refractivity contribution in [2.75, 3.05) is 13.2 Å². The number of rotatable bonds is 5. The molecule has 19 heavy (non-hydrogen) atoms. The first-order chi connectivity index (χ1) is 8.47. The second-order valence-electron chi connectivity index (χ2n) is 6.18. The minimum atomic E-state index is -4.32. The summed E-state index contributed by atoms with van der Waals surface area (Å²) in [7, 11) is 0. The fourth-order valence-electron chi connectivity index (χ4n) is 2.81. The zero-order valence-corrected chi connectivity index (χ0v) is 11.8. The summed E-state index contributed by atoms with van der Waals surface area (Å²) in [5, 5.41) is 0. The summed E-state index contributed by atoms with van der Waals surface area (Å²) in [6.45, 7) is 6.39. The van der Waals surface area contributed by atoms with Crippen LogP contribution in [0.15, 0.2) is 0 Å². The quantitative estimate of drug-likeness (QED) is 0.599. The number of nitrogens with one attached hydrogen (secondary N) is 1. The van der Waals surface area contributed by atoms with Crippen LogP contribution in [0, 0.1) is 5.92 Å². The van der Waals surface area contributed by atoms with E-state index in [9.17, 15) is 13.2 Å². The Labute approximate surface area is 111 Å². The number of halogens is 3. The molecule has 1 saturated heterocycles. The van der Waals surface area contributed by atoms with Crippen molar-refractivity contribution in [1.29, 1.82) is 0 Å².